The minimum atomic E-state index is -0.513. The molecule has 2 amide bonds. The van der Waals surface area contributed by atoms with Gasteiger partial charge in [0, 0.05) is 48.6 Å². The first-order chi connectivity index (χ1) is 17.7. The van der Waals surface area contributed by atoms with Crippen LogP contribution < -0.4 is 10.7 Å². The number of hydrogen-bond donors (Lipinski definition) is 2. The summed E-state index contributed by atoms with van der Waals surface area (Å²) < 4.78 is 1.72. The fourth-order valence-corrected chi connectivity index (χ4v) is 4.73. The zero-order valence-electron chi connectivity index (χ0n) is 20.9. The molecule has 1 aromatic heterocycles. The first-order valence-corrected chi connectivity index (χ1v) is 12.5. The van der Waals surface area contributed by atoms with Crippen molar-refractivity contribution in [2.45, 2.75) is 6.42 Å². The summed E-state index contributed by atoms with van der Waals surface area (Å²) in [5.74, 6) is -0.412. The van der Waals surface area contributed by atoms with Gasteiger partial charge in [0.1, 0.15) is 12.4 Å². The van der Waals surface area contributed by atoms with E-state index in [4.69, 9.17) is 23.2 Å². The number of anilines is 1. The Balaban J connectivity index is 1.51. The third-order valence-electron chi connectivity index (χ3n) is 5.89. The van der Waals surface area contributed by atoms with E-state index < -0.39 is 5.92 Å². The second-order valence-corrected chi connectivity index (χ2v) is 9.94. The smallest absolute Gasteiger partial charge is 0.244 e. The van der Waals surface area contributed by atoms with Gasteiger partial charge in [0.05, 0.1) is 25.2 Å². The topological polar surface area (TPSA) is 94.9 Å². The molecule has 37 heavy (non-hydrogen) atoms. The van der Waals surface area contributed by atoms with Crippen LogP contribution in [0.25, 0.3) is 11.1 Å². The van der Waals surface area contributed by atoms with Crippen molar-refractivity contribution in [2.24, 2.45) is 18.0 Å². The van der Waals surface area contributed by atoms with Crippen LogP contribution in [0.3, 0.4) is 0 Å². The minimum absolute atomic E-state index is 0.128. The zero-order chi connectivity index (χ0) is 26.5. The highest BCUT2D eigenvalue weighted by Crippen LogP contribution is 2.28. The highest BCUT2D eigenvalue weighted by Gasteiger charge is 2.31. The van der Waals surface area contributed by atoms with E-state index in [1.54, 1.807) is 34.1 Å². The van der Waals surface area contributed by atoms with E-state index in [0.717, 1.165) is 11.1 Å². The lowest BCUT2D eigenvalue weighted by atomic mass is 9.98. The number of amides is 2. The molecule has 194 valence electrons. The van der Waals surface area contributed by atoms with Gasteiger partial charge in [-0.1, -0.05) is 41.4 Å². The summed E-state index contributed by atoms with van der Waals surface area (Å²) in [6, 6.07) is 12.8. The van der Waals surface area contributed by atoms with Gasteiger partial charge >= 0.3 is 0 Å². The largest absolute Gasteiger partial charge is 0.326 e. The van der Waals surface area contributed by atoms with Crippen molar-refractivity contribution >= 4 is 46.5 Å². The van der Waals surface area contributed by atoms with Gasteiger partial charge in [0.25, 0.3) is 0 Å². The fraction of sp³-hybridized carbons (Fsp3) is 0.308. The summed E-state index contributed by atoms with van der Waals surface area (Å²) in [5, 5.41) is 9.86. The second kappa shape index (κ2) is 11.8. The normalized spacial score (nSPS) is 15.9. The molecule has 1 unspecified atom stereocenters. The van der Waals surface area contributed by atoms with Crippen LogP contribution in [-0.4, -0.2) is 71.1 Å². The van der Waals surface area contributed by atoms with Gasteiger partial charge in [-0.25, -0.2) is 5.01 Å². The van der Waals surface area contributed by atoms with Gasteiger partial charge in [0.2, 0.25) is 11.8 Å². The van der Waals surface area contributed by atoms with Gasteiger partial charge in [-0.05, 0) is 41.8 Å². The molecule has 1 aliphatic rings. The third kappa shape index (κ3) is 6.88. The Morgan fingerprint density at radius 1 is 1.14 bits per heavy atom. The van der Waals surface area contributed by atoms with Gasteiger partial charge < -0.3 is 15.6 Å². The molecule has 9 nitrogen and oxygen atoms in total. The van der Waals surface area contributed by atoms with Crippen LogP contribution in [0.5, 0.6) is 0 Å². The molecule has 1 aliphatic heterocycles. The van der Waals surface area contributed by atoms with E-state index in [1.165, 1.54) is 4.90 Å². The summed E-state index contributed by atoms with van der Waals surface area (Å²) >= 11 is 12.7. The van der Waals surface area contributed by atoms with Gasteiger partial charge in [-0.15, -0.1) is 0 Å². The summed E-state index contributed by atoms with van der Waals surface area (Å²) in [7, 11) is 5.52. The molecule has 2 heterocycles. The molecule has 0 spiro atoms. The van der Waals surface area contributed by atoms with Crippen molar-refractivity contribution in [3.8, 4) is 11.1 Å². The van der Waals surface area contributed by atoms with Crippen LogP contribution in [0.2, 0.25) is 10.0 Å². The molecule has 3 aromatic rings. The standard InChI is InChI=1S/C26H29Cl2N7O2/c1-33(2)32-24-15-35(26(37)18(12-29-24)11-21-22(27)8-5-9-23(21)28)16-25(36)31-20-7-4-6-17(10-20)19-13-30-34(3)14-19/h4-10,13-14,18H,11-12,15-16H2,1-3H3,(H,29,32)(H,31,36). The molecule has 0 saturated heterocycles. The predicted octanol–water partition coefficient (Wildman–Crippen LogP) is 3.50. The summed E-state index contributed by atoms with van der Waals surface area (Å²) in [4.78, 5) is 32.8. The lowest BCUT2D eigenvalue weighted by Crippen LogP contribution is -2.47. The molecular weight excluding hydrogens is 513 g/mol. The number of carbonyl (C=O) groups excluding carboxylic acids is 2. The number of hydrogen-bond acceptors (Lipinski definition) is 6. The van der Waals surface area contributed by atoms with E-state index in [-0.39, 0.29) is 31.4 Å². The summed E-state index contributed by atoms with van der Waals surface area (Å²) in [6.45, 7) is 0.297. The van der Waals surface area contributed by atoms with Crippen LogP contribution in [0.1, 0.15) is 5.56 Å². The molecule has 1 atom stereocenters. The molecule has 2 aromatic carbocycles. The lowest BCUT2D eigenvalue weighted by molar-refractivity contribution is -0.137. The Bertz CT molecular complexity index is 1300. The molecule has 11 heteroatoms. The van der Waals surface area contributed by atoms with Crippen molar-refractivity contribution < 1.29 is 9.59 Å². The molecular formula is C26H29Cl2N7O2. The maximum atomic E-state index is 13.6. The Kier molecular flexibility index (Phi) is 8.48. The predicted molar refractivity (Wildman–Crippen MR) is 147 cm³/mol. The second-order valence-electron chi connectivity index (χ2n) is 9.12. The summed E-state index contributed by atoms with van der Waals surface area (Å²) in [6.07, 6.45) is 3.99. The van der Waals surface area contributed by atoms with Crippen LogP contribution in [0.4, 0.5) is 5.69 Å². The highest BCUT2D eigenvalue weighted by molar-refractivity contribution is 6.36. The Morgan fingerprint density at radius 3 is 2.54 bits per heavy atom. The van der Waals surface area contributed by atoms with E-state index in [2.05, 4.69) is 20.8 Å². The van der Waals surface area contributed by atoms with Crippen molar-refractivity contribution in [2.75, 3.05) is 39.0 Å². The molecule has 4 rings (SSSR count). The van der Waals surface area contributed by atoms with Crippen molar-refractivity contribution in [3.05, 3.63) is 70.5 Å². The molecule has 0 radical (unpaired) electrons. The average Bonchev–Trinajstić information content (AvgIpc) is 3.23. The number of aromatic nitrogens is 2. The van der Waals surface area contributed by atoms with Crippen molar-refractivity contribution in [3.63, 3.8) is 0 Å². The van der Waals surface area contributed by atoms with E-state index >= 15 is 0 Å². The number of aliphatic imine (C=N–C) groups is 1. The first kappa shape index (κ1) is 26.7. The van der Waals surface area contributed by atoms with Crippen LogP contribution >= 0.6 is 23.2 Å². The number of halogens is 2. The number of aryl methyl sites for hydroxylation is 1. The van der Waals surface area contributed by atoms with Crippen LogP contribution in [0.15, 0.2) is 59.9 Å². The monoisotopic (exact) mass is 541 g/mol. The number of amidine groups is 1. The molecule has 0 saturated carbocycles. The van der Waals surface area contributed by atoms with E-state index in [0.29, 0.717) is 33.6 Å². The van der Waals surface area contributed by atoms with E-state index in [9.17, 15) is 9.59 Å². The molecule has 0 bridgehead atoms. The number of rotatable bonds is 7. The highest BCUT2D eigenvalue weighted by atomic mass is 35.5. The van der Waals surface area contributed by atoms with Crippen molar-refractivity contribution in [1.82, 2.24) is 25.1 Å². The average molecular weight is 542 g/mol. The quantitative estimate of drug-likeness (QED) is 0.446. The van der Waals surface area contributed by atoms with Gasteiger partial charge in [-0.3, -0.25) is 19.3 Å². The Labute approximate surface area is 226 Å². The lowest BCUT2D eigenvalue weighted by Gasteiger charge is -2.25. The SMILES string of the molecule is CN(C)NC1=NCC(Cc2c(Cl)cccc2Cl)C(=O)N(CC(=O)Nc2cccc(-c3cnn(C)c3)c2)C1. The van der Waals surface area contributed by atoms with Gasteiger partial charge in [-0.2, -0.15) is 5.10 Å². The Hall–Kier alpha value is -3.40. The molecule has 0 fully saturated rings. The number of hydrazine groups is 1. The van der Waals surface area contributed by atoms with Crippen molar-refractivity contribution in [1.29, 1.82) is 0 Å². The zero-order valence-corrected chi connectivity index (χ0v) is 22.4. The Morgan fingerprint density at radius 2 is 1.86 bits per heavy atom. The van der Waals surface area contributed by atoms with E-state index in [1.807, 2.05) is 51.6 Å². The number of benzene rings is 2. The van der Waals surface area contributed by atoms with Crippen LogP contribution in [0, 0.1) is 5.92 Å². The molecule has 2 N–H and O–H groups in total. The number of carbonyl (C=O) groups is 2. The maximum Gasteiger partial charge on any atom is 0.244 e. The minimum Gasteiger partial charge on any atom is -0.326 e. The maximum absolute atomic E-state index is 13.6. The fourth-order valence-electron chi connectivity index (χ4n) is 4.17. The third-order valence-corrected chi connectivity index (χ3v) is 6.60. The van der Waals surface area contributed by atoms with Gasteiger partial charge in [0.15, 0.2) is 0 Å². The molecule has 0 aliphatic carbocycles. The number of nitrogens with one attached hydrogen (secondary N) is 2. The summed E-state index contributed by atoms with van der Waals surface area (Å²) in [5.41, 5.74) is 6.33. The first-order valence-electron chi connectivity index (χ1n) is 11.8. The van der Waals surface area contributed by atoms with Crippen LogP contribution in [-0.2, 0) is 23.1 Å². The number of nitrogens with zero attached hydrogens (tertiary/aromatic N) is 5.